The van der Waals surface area contributed by atoms with Crippen molar-refractivity contribution in [2.45, 2.75) is 16.8 Å². The normalized spacial score (nSPS) is 13.2. The first-order valence-corrected chi connectivity index (χ1v) is 7.02. The van der Waals surface area contributed by atoms with Crippen molar-refractivity contribution in [3.63, 3.8) is 0 Å². The van der Waals surface area contributed by atoms with E-state index in [2.05, 4.69) is 10.2 Å². The Balaban J connectivity index is 2.12. The van der Waals surface area contributed by atoms with Crippen LogP contribution in [-0.2, 0) is 10.8 Å². The molecule has 94 valence electrons. The summed E-state index contributed by atoms with van der Waals surface area (Å²) in [5.41, 5.74) is 1.74. The summed E-state index contributed by atoms with van der Waals surface area (Å²) >= 11 is 0. The van der Waals surface area contributed by atoms with Gasteiger partial charge in [-0.2, -0.15) is 0 Å². The highest BCUT2D eigenvalue weighted by Gasteiger charge is 2.10. The highest BCUT2D eigenvalue weighted by molar-refractivity contribution is 7.85. The maximum absolute atomic E-state index is 12.5. The SMILES string of the molecule is [2H]c1c(S(=O)c2ccc(C)cc2)nnc2ccccc12. The third-order valence-corrected chi connectivity index (χ3v) is 4.04. The second kappa shape index (κ2) is 4.90. The van der Waals surface area contributed by atoms with E-state index in [9.17, 15) is 4.21 Å². The molecule has 0 aliphatic carbocycles. The first kappa shape index (κ1) is 10.8. The Bertz CT molecular complexity index is 803. The van der Waals surface area contributed by atoms with Crippen LogP contribution in [0.1, 0.15) is 6.93 Å². The number of aryl methyl sites for hydroxylation is 1. The van der Waals surface area contributed by atoms with E-state index in [1.807, 2.05) is 31.2 Å². The molecule has 0 aliphatic heterocycles. The van der Waals surface area contributed by atoms with E-state index < -0.39 is 10.8 Å². The van der Waals surface area contributed by atoms with E-state index in [1.165, 1.54) is 0 Å². The summed E-state index contributed by atoms with van der Waals surface area (Å²) in [6.45, 7) is 1.97. The van der Waals surface area contributed by atoms with Crippen molar-refractivity contribution in [3.05, 3.63) is 60.1 Å². The van der Waals surface area contributed by atoms with Crippen molar-refractivity contribution in [3.8, 4) is 0 Å². The van der Waals surface area contributed by atoms with Crippen LogP contribution in [0.2, 0.25) is 0 Å². The zero-order valence-electron chi connectivity index (χ0n) is 11.3. The summed E-state index contributed by atoms with van der Waals surface area (Å²) in [6, 6.07) is 14.8. The highest BCUT2D eigenvalue weighted by Crippen LogP contribution is 2.18. The minimum Gasteiger partial charge on any atom is -0.247 e. The number of nitrogens with zero attached hydrogens (tertiary/aromatic N) is 2. The molecule has 0 radical (unpaired) electrons. The van der Waals surface area contributed by atoms with Crippen molar-refractivity contribution in [1.82, 2.24) is 10.2 Å². The van der Waals surface area contributed by atoms with Gasteiger partial charge in [0.05, 0.1) is 6.89 Å². The molecule has 4 heteroatoms. The van der Waals surface area contributed by atoms with Crippen molar-refractivity contribution in [2.24, 2.45) is 0 Å². The first-order valence-electron chi connectivity index (χ1n) is 6.37. The largest absolute Gasteiger partial charge is 0.247 e. The number of hydrogen-bond donors (Lipinski definition) is 0. The summed E-state index contributed by atoms with van der Waals surface area (Å²) in [6.07, 6.45) is 0. The van der Waals surface area contributed by atoms with Gasteiger partial charge in [-0.3, -0.25) is 0 Å². The molecule has 3 aromatic rings. The van der Waals surface area contributed by atoms with Crippen molar-refractivity contribution >= 4 is 21.7 Å². The summed E-state index contributed by atoms with van der Waals surface area (Å²) in [5.74, 6) is 0. The number of rotatable bonds is 2. The molecular formula is C15H12N2OS. The van der Waals surface area contributed by atoms with Crippen LogP contribution in [0.3, 0.4) is 0 Å². The van der Waals surface area contributed by atoms with E-state index in [0.29, 0.717) is 15.8 Å². The lowest BCUT2D eigenvalue weighted by Crippen LogP contribution is -1.98. The molecule has 1 unspecified atom stereocenters. The molecule has 0 amide bonds. The lowest BCUT2D eigenvalue weighted by molar-refractivity contribution is 0.678. The fraction of sp³-hybridized carbons (Fsp3) is 0.0667. The van der Waals surface area contributed by atoms with Gasteiger partial charge in [0, 0.05) is 10.3 Å². The molecule has 1 aromatic heterocycles. The second-order valence-corrected chi connectivity index (χ2v) is 5.62. The van der Waals surface area contributed by atoms with Gasteiger partial charge in [0.1, 0.15) is 10.8 Å². The molecule has 3 rings (SSSR count). The smallest absolute Gasteiger partial charge is 0.155 e. The molecule has 19 heavy (non-hydrogen) atoms. The zero-order chi connectivity index (χ0) is 14.1. The standard InChI is InChI=1S/C15H12N2OS/c1-11-6-8-13(9-7-11)19(18)15-10-12-4-2-3-5-14(12)16-17-15/h2-10H,1H3/i10D. The predicted molar refractivity (Wildman–Crippen MR) is 75.4 cm³/mol. The summed E-state index contributed by atoms with van der Waals surface area (Å²) < 4.78 is 20.7. The minimum atomic E-state index is -1.48. The molecule has 0 N–H and O–H groups in total. The van der Waals surface area contributed by atoms with Crippen LogP contribution in [0.4, 0.5) is 0 Å². The van der Waals surface area contributed by atoms with E-state index in [4.69, 9.17) is 1.37 Å². The van der Waals surface area contributed by atoms with Crippen LogP contribution < -0.4 is 0 Å². The molecule has 0 fully saturated rings. The van der Waals surface area contributed by atoms with Gasteiger partial charge < -0.3 is 0 Å². The van der Waals surface area contributed by atoms with Gasteiger partial charge in [-0.05, 0) is 31.2 Å². The van der Waals surface area contributed by atoms with Crippen LogP contribution >= 0.6 is 0 Å². The van der Waals surface area contributed by atoms with Gasteiger partial charge >= 0.3 is 0 Å². The molecule has 0 spiro atoms. The van der Waals surface area contributed by atoms with Gasteiger partial charge in [-0.1, -0.05) is 35.9 Å². The second-order valence-electron chi connectivity index (χ2n) is 4.23. The van der Waals surface area contributed by atoms with Crippen LogP contribution in [0.25, 0.3) is 10.9 Å². The van der Waals surface area contributed by atoms with Crippen molar-refractivity contribution in [2.75, 3.05) is 0 Å². The average molecular weight is 269 g/mol. The molecule has 1 atom stereocenters. The molecule has 0 saturated carbocycles. The Kier molecular flexibility index (Phi) is 2.79. The maximum Gasteiger partial charge on any atom is 0.155 e. The van der Waals surface area contributed by atoms with Gasteiger partial charge in [-0.25, -0.2) is 4.21 Å². The lowest BCUT2D eigenvalue weighted by Gasteiger charge is -2.03. The summed E-state index contributed by atoms with van der Waals surface area (Å²) in [7, 11) is -1.48. The van der Waals surface area contributed by atoms with Crippen LogP contribution in [0.5, 0.6) is 0 Å². The number of hydrogen-bond acceptors (Lipinski definition) is 3. The zero-order valence-corrected chi connectivity index (χ0v) is 11.1. The molecular weight excluding hydrogens is 256 g/mol. The molecule has 0 saturated heterocycles. The first-order chi connectivity index (χ1) is 9.66. The Morgan fingerprint density at radius 2 is 1.79 bits per heavy atom. The number of benzene rings is 2. The Morgan fingerprint density at radius 1 is 1.05 bits per heavy atom. The predicted octanol–water partition coefficient (Wildman–Crippen LogP) is 3.10. The summed E-state index contributed by atoms with van der Waals surface area (Å²) in [4.78, 5) is 0.633. The van der Waals surface area contributed by atoms with Gasteiger partial charge in [0.15, 0.2) is 5.03 Å². The van der Waals surface area contributed by atoms with Crippen LogP contribution in [0, 0.1) is 6.92 Å². The quantitative estimate of drug-likeness (QED) is 0.718. The van der Waals surface area contributed by atoms with E-state index in [1.54, 1.807) is 24.3 Å². The number of aromatic nitrogens is 2. The minimum absolute atomic E-state index is 0.175. The maximum atomic E-state index is 12.5. The van der Waals surface area contributed by atoms with Crippen LogP contribution in [-0.4, -0.2) is 14.4 Å². The molecule has 0 aliphatic rings. The Labute approximate surface area is 115 Å². The molecule has 2 aromatic carbocycles. The molecule has 0 bridgehead atoms. The van der Waals surface area contributed by atoms with E-state index in [-0.39, 0.29) is 11.1 Å². The summed E-state index contributed by atoms with van der Waals surface area (Å²) in [5, 5.41) is 8.88. The topological polar surface area (TPSA) is 42.9 Å². The fourth-order valence-electron chi connectivity index (χ4n) is 1.76. The van der Waals surface area contributed by atoms with Gasteiger partial charge in [0.25, 0.3) is 0 Å². The Hall–Kier alpha value is -2.07. The highest BCUT2D eigenvalue weighted by atomic mass is 32.2. The average Bonchev–Trinajstić information content (AvgIpc) is 2.48. The molecule has 1 heterocycles. The monoisotopic (exact) mass is 269 g/mol. The van der Waals surface area contributed by atoms with E-state index >= 15 is 0 Å². The van der Waals surface area contributed by atoms with Crippen molar-refractivity contribution in [1.29, 1.82) is 0 Å². The lowest BCUT2D eigenvalue weighted by atomic mass is 10.2. The van der Waals surface area contributed by atoms with Gasteiger partial charge in [0.2, 0.25) is 0 Å². The van der Waals surface area contributed by atoms with Crippen LogP contribution in [0.15, 0.2) is 64.5 Å². The number of fused-ring (bicyclic) bond motifs is 1. The van der Waals surface area contributed by atoms with Crippen molar-refractivity contribution < 1.29 is 5.58 Å². The van der Waals surface area contributed by atoms with Gasteiger partial charge in [-0.15, -0.1) is 10.2 Å². The fourth-order valence-corrected chi connectivity index (χ4v) is 2.69. The third-order valence-electron chi connectivity index (χ3n) is 2.80. The third kappa shape index (κ3) is 2.39. The van der Waals surface area contributed by atoms with E-state index in [0.717, 1.165) is 5.56 Å². The Morgan fingerprint density at radius 3 is 2.58 bits per heavy atom. The molecule has 3 nitrogen and oxygen atoms in total.